The Kier molecular flexibility index (Phi) is 22.5. The molecule has 13 N–H and O–H groups in total. The highest BCUT2D eigenvalue weighted by Gasteiger charge is 2.29. The fourth-order valence-electron chi connectivity index (χ4n) is 6.82. The zero-order valence-corrected chi connectivity index (χ0v) is 37.3. The summed E-state index contributed by atoms with van der Waals surface area (Å²) < 4.78 is 0. The molecule has 0 saturated carbocycles. The standard InChI is InChI=1S/C44H65N13O8/c1-3-4-16-35(53-30(2)58)42(64)52-25-39(61)56(20-11-10-18-45)28-41(63)57(26-31-13-6-5-7-14-31)29-40(62)55(21-12-19-49-44(47)48)27-38(60)54-36(43(65)51-24-37(46)59)22-32-23-50-34-17-9-8-15-33(32)34/h5-9,13-15,17,23,35-36,50H,3-4,10-12,16,18-22,24-29,45H2,1-2H3,(H2,46,59)(H,51,65)(H,52,64)(H,53,58)(H,54,60)(H4,47,48,49)/t35-,36-/m0/s1. The van der Waals surface area contributed by atoms with Gasteiger partial charge in [-0.3, -0.25) is 43.3 Å². The third kappa shape index (κ3) is 19.1. The van der Waals surface area contributed by atoms with Gasteiger partial charge in [0.1, 0.15) is 18.6 Å². The lowest BCUT2D eigenvalue weighted by molar-refractivity contribution is -0.145. The summed E-state index contributed by atoms with van der Waals surface area (Å²) in [6.07, 6.45) is 4.79. The molecule has 8 amide bonds. The van der Waals surface area contributed by atoms with Crippen molar-refractivity contribution in [3.8, 4) is 0 Å². The SMILES string of the molecule is CCCC[C@H](NC(C)=O)C(=O)NCC(=O)N(CCCCN)CC(=O)N(CC(=O)N(CCCN=C(N)N)CC(=O)N[C@@H](Cc1c[nH]c2ccccc12)C(=O)NCC(N)=O)Cc1ccccc1. The second-order valence-electron chi connectivity index (χ2n) is 15.5. The molecule has 0 aliphatic heterocycles. The third-order valence-corrected chi connectivity index (χ3v) is 10.2. The molecule has 0 unspecified atom stereocenters. The zero-order valence-electron chi connectivity index (χ0n) is 37.3. The number of primary amides is 1. The van der Waals surface area contributed by atoms with Crippen LogP contribution in [0.3, 0.4) is 0 Å². The first-order valence-corrected chi connectivity index (χ1v) is 21.7. The topological polar surface area (TPSA) is 327 Å². The van der Waals surface area contributed by atoms with Crippen LogP contribution in [0.4, 0.5) is 0 Å². The van der Waals surface area contributed by atoms with E-state index < -0.39 is 92.1 Å². The number of benzene rings is 2. The van der Waals surface area contributed by atoms with E-state index in [0.29, 0.717) is 43.4 Å². The highest BCUT2D eigenvalue weighted by Crippen LogP contribution is 2.19. The van der Waals surface area contributed by atoms with Crippen molar-refractivity contribution < 1.29 is 38.4 Å². The van der Waals surface area contributed by atoms with E-state index in [0.717, 1.165) is 17.3 Å². The lowest BCUT2D eigenvalue weighted by Crippen LogP contribution is -2.53. The first kappa shape index (κ1) is 52.3. The summed E-state index contributed by atoms with van der Waals surface area (Å²) in [6, 6.07) is 14.2. The maximum absolute atomic E-state index is 14.3. The van der Waals surface area contributed by atoms with Gasteiger partial charge >= 0.3 is 0 Å². The van der Waals surface area contributed by atoms with Crippen molar-refractivity contribution in [1.29, 1.82) is 0 Å². The average molecular weight is 904 g/mol. The summed E-state index contributed by atoms with van der Waals surface area (Å²) in [4.78, 5) is 117. The second-order valence-corrected chi connectivity index (χ2v) is 15.5. The monoisotopic (exact) mass is 904 g/mol. The lowest BCUT2D eigenvalue weighted by Gasteiger charge is -2.30. The van der Waals surface area contributed by atoms with Crippen LogP contribution in [0.5, 0.6) is 0 Å². The van der Waals surface area contributed by atoms with Crippen molar-refractivity contribution >= 4 is 64.1 Å². The zero-order chi connectivity index (χ0) is 47.7. The van der Waals surface area contributed by atoms with E-state index in [-0.39, 0.29) is 45.0 Å². The van der Waals surface area contributed by atoms with Crippen LogP contribution in [0, 0.1) is 0 Å². The van der Waals surface area contributed by atoms with Gasteiger partial charge in [0, 0.05) is 56.6 Å². The number of amides is 8. The number of carbonyl (C=O) groups is 8. The van der Waals surface area contributed by atoms with Gasteiger partial charge in [0.25, 0.3) is 0 Å². The van der Waals surface area contributed by atoms with Crippen LogP contribution >= 0.6 is 0 Å². The molecule has 0 aliphatic rings. The highest BCUT2D eigenvalue weighted by atomic mass is 16.2. The first-order chi connectivity index (χ1) is 31.1. The van der Waals surface area contributed by atoms with Crippen LogP contribution in [0.2, 0.25) is 0 Å². The van der Waals surface area contributed by atoms with E-state index in [1.54, 1.807) is 36.5 Å². The number of guanidine groups is 1. The molecule has 0 radical (unpaired) electrons. The Bertz CT molecular complexity index is 2090. The largest absolute Gasteiger partial charge is 0.370 e. The van der Waals surface area contributed by atoms with Crippen molar-refractivity contribution in [2.45, 2.75) is 77.4 Å². The summed E-state index contributed by atoms with van der Waals surface area (Å²) in [7, 11) is 0. The number of hydrogen-bond acceptors (Lipinski definition) is 10. The van der Waals surface area contributed by atoms with Gasteiger partial charge < -0.3 is 63.9 Å². The van der Waals surface area contributed by atoms with Gasteiger partial charge in [-0.15, -0.1) is 0 Å². The lowest BCUT2D eigenvalue weighted by atomic mass is 10.0. The number of nitrogens with zero attached hydrogens (tertiary/aromatic N) is 4. The number of fused-ring (bicyclic) bond motifs is 1. The Balaban J connectivity index is 1.87. The van der Waals surface area contributed by atoms with Crippen LogP contribution in [0.25, 0.3) is 10.9 Å². The Morgan fingerprint density at radius 2 is 1.34 bits per heavy atom. The predicted octanol–water partition coefficient (Wildman–Crippen LogP) is -1.30. The number of nitrogens with one attached hydrogen (secondary N) is 5. The molecule has 354 valence electrons. The molecule has 2 aromatic carbocycles. The molecule has 21 heteroatoms. The summed E-state index contributed by atoms with van der Waals surface area (Å²) in [5.74, 6) is -5.07. The normalized spacial score (nSPS) is 11.7. The van der Waals surface area contributed by atoms with E-state index in [1.165, 1.54) is 21.6 Å². The number of hydrogen-bond donors (Lipinski definition) is 9. The van der Waals surface area contributed by atoms with E-state index in [1.807, 2.05) is 31.2 Å². The summed E-state index contributed by atoms with van der Waals surface area (Å²) in [5.41, 5.74) is 24.2. The van der Waals surface area contributed by atoms with Gasteiger partial charge in [0.2, 0.25) is 47.3 Å². The van der Waals surface area contributed by atoms with Crippen LogP contribution in [-0.4, -0.2) is 144 Å². The van der Waals surface area contributed by atoms with Gasteiger partial charge in [-0.05, 0) is 49.4 Å². The fourth-order valence-corrected chi connectivity index (χ4v) is 6.82. The molecule has 65 heavy (non-hydrogen) atoms. The number of nitrogens with two attached hydrogens (primary N) is 4. The Morgan fingerprint density at radius 3 is 2.02 bits per heavy atom. The minimum absolute atomic E-state index is 0.0249. The molecule has 2 atom stereocenters. The van der Waals surface area contributed by atoms with Crippen molar-refractivity contribution in [2.24, 2.45) is 27.9 Å². The molecule has 21 nitrogen and oxygen atoms in total. The Labute approximate surface area is 378 Å². The summed E-state index contributed by atoms with van der Waals surface area (Å²) in [6.45, 7) is 1.33. The number of carbonyl (C=O) groups excluding carboxylic acids is 8. The van der Waals surface area contributed by atoms with E-state index in [2.05, 4.69) is 31.2 Å². The maximum atomic E-state index is 14.3. The molecular formula is C44H65N13O8. The molecule has 3 aromatic rings. The molecule has 0 saturated heterocycles. The van der Waals surface area contributed by atoms with Crippen LogP contribution in [0.15, 0.2) is 65.8 Å². The molecule has 3 rings (SSSR count). The van der Waals surface area contributed by atoms with Gasteiger partial charge in [-0.25, -0.2) is 0 Å². The molecule has 0 spiro atoms. The quantitative estimate of drug-likeness (QED) is 0.0224. The molecule has 0 fully saturated rings. The first-order valence-electron chi connectivity index (χ1n) is 21.7. The van der Waals surface area contributed by atoms with Gasteiger partial charge in [-0.2, -0.15) is 0 Å². The van der Waals surface area contributed by atoms with Crippen LogP contribution in [0.1, 0.15) is 63.5 Å². The summed E-state index contributed by atoms with van der Waals surface area (Å²) in [5, 5.41) is 11.2. The van der Waals surface area contributed by atoms with Crippen LogP contribution in [-0.2, 0) is 51.3 Å². The van der Waals surface area contributed by atoms with E-state index in [9.17, 15) is 38.4 Å². The van der Waals surface area contributed by atoms with Crippen molar-refractivity contribution in [2.75, 3.05) is 58.9 Å². The molecule has 0 bridgehead atoms. The van der Waals surface area contributed by atoms with Crippen molar-refractivity contribution in [3.63, 3.8) is 0 Å². The number of para-hydroxylation sites is 1. The number of H-pyrrole nitrogens is 1. The minimum atomic E-state index is -1.18. The van der Waals surface area contributed by atoms with Crippen LogP contribution < -0.4 is 44.2 Å². The number of unbranched alkanes of at least 4 members (excludes halogenated alkanes) is 2. The number of aromatic nitrogens is 1. The predicted molar refractivity (Wildman–Crippen MR) is 245 cm³/mol. The molecule has 0 aliphatic carbocycles. The Hall–Kier alpha value is -7.03. The smallest absolute Gasteiger partial charge is 0.243 e. The molecule has 1 heterocycles. The number of aliphatic imine (C=N–C) groups is 1. The third-order valence-electron chi connectivity index (χ3n) is 10.2. The molecular weight excluding hydrogens is 839 g/mol. The van der Waals surface area contributed by atoms with Crippen molar-refractivity contribution in [3.05, 3.63) is 71.9 Å². The summed E-state index contributed by atoms with van der Waals surface area (Å²) >= 11 is 0. The maximum Gasteiger partial charge on any atom is 0.243 e. The highest BCUT2D eigenvalue weighted by molar-refractivity contribution is 5.95. The number of aromatic amines is 1. The average Bonchev–Trinajstić information content (AvgIpc) is 3.68. The van der Waals surface area contributed by atoms with Gasteiger partial charge in [0.15, 0.2) is 5.96 Å². The number of rotatable bonds is 29. The van der Waals surface area contributed by atoms with Gasteiger partial charge in [-0.1, -0.05) is 68.3 Å². The second kappa shape index (κ2) is 27.9. The van der Waals surface area contributed by atoms with Gasteiger partial charge in [0.05, 0.1) is 26.2 Å². The Morgan fingerprint density at radius 1 is 0.708 bits per heavy atom. The minimum Gasteiger partial charge on any atom is -0.370 e. The van der Waals surface area contributed by atoms with E-state index in [4.69, 9.17) is 22.9 Å². The van der Waals surface area contributed by atoms with Crippen molar-refractivity contribution in [1.82, 2.24) is 41.0 Å². The fraction of sp³-hybridized carbons (Fsp3) is 0.477. The molecule has 1 aromatic heterocycles. The van der Waals surface area contributed by atoms with E-state index >= 15 is 0 Å².